The molecule has 2 amide bonds. The van der Waals surface area contributed by atoms with Gasteiger partial charge in [0.1, 0.15) is 17.7 Å². The number of aryl methyl sites for hydroxylation is 1. The van der Waals surface area contributed by atoms with Crippen LogP contribution >= 0.6 is 11.8 Å². The van der Waals surface area contributed by atoms with E-state index in [0.29, 0.717) is 34.8 Å². The van der Waals surface area contributed by atoms with E-state index in [2.05, 4.69) is 20.8 Å². The summed E-state index contributed by atoms with van der Waals surface area (Å²) in [6.07, 6.45) is 6.38. The Morgan fingerprint density at radius 3 is 2.74 bits per heavy atom. The summed E-state index contributed by atoms with van der Waals surface area (Å²) >= 11 is 1.60. The van der Waals surface area contributed by atoms with E-state index in [1.165, 1.54) is 12.1 Å². The van der Waals surface area contributed by atoms with E-state index in [4.69, 9.17) is 0 Å². The number of hydrogen-bond acceptors (Lipinski definition) is 5. The molecule has 1 aromatic heterocycles. The first-order valence-corrected chi connectivity index (χ1v) is 12.8. The Bertz CT molecular complexity index is 1150. The summed E-state index contributed by atoms with van der Waals surface area (Å²) in [4.78, 5) is 25.7. The highest BCUT2D eigenvalue weighted by Crippen LogP contribution is 2.27. The SMILES string of the molecule is CSCCC(NC(=O)c1ccccc1)C(=O)Nc1ccc(F)c(-c2nnc3n2CCCCC3)c1. The Balaban J connectivity index is 1.53. The van der Waals surface area contributed by atoms with Crippen molar-refractivity contribution in [1.29, 1.82) is 0 Å². The first-order valence-electron chi connectivity index (χ1n) is 11.4. The average Bonchev–Trinajstić information content (AvgIpc) is 3.10. The molecular weight excluding hydrogens is 453 g/mol. The number of amides is 2. The second-order valence-corrected chi connectivity index (χ2v) is 9.25. The van der Waals surface area contributed by atoms with E-state index in [9.17, 15) is 14.0 Å². The highest BCUT2D eigenvalue weighted by molar-refractivity contribution is 7.98. The molecule has 0 spiro atoms. The predicted molar refractivity (Wildman–Crippen MR) is 132 cm³/mol. The Morgan fingerprint density at radius 2 is 1.94 bits per heavy atom. The Hall–Kier alpha value is -3.20. The van der Waals surface area contributed by atoms with E-state index >= 15 is 0 Å². The monoisotopic (exact) mass is 481 g/mol. The van der Waals surface area contributed by atoms with Gasteiger partial charge in [0.25, 0.3) is 5.91 Å². The number of aromatic nitrogens is 3. The van der Waals surface area contributed by atoms with Gasteiger partial charge in [0.2, 0.25) is 5.91 Å². The van der Waals surface area contributed by atoms with Gasteiger partial charge in [-0.2, -0.15) is 11.8 Å². The third-order valence-corrected chi connectivity index (χ3v) is 6.50. The molecular formula is C25H28FN5O2S. The summed E-state index contributed by atoms with van der Waals surface area (Å²) in [6.45, 7) is 0.746. The highest BCUT2D eigenvalue weighted by atomic mass is 32.2. The van der Waals surface area contributed by atoms with Crippen LogP contribution in [0.25, 0.3) is 11.4 Å². The molecule has 34 heavy (non-hydrogen) atoms. The quantitative estimate of drug-likeness (QED) is 0.501. The summed E-state index contributed by atoms with van der Waals surface area (Å²) in [5, 5.41) is 14.2. The molecule has 178 valence electrons. The summed E-state index contributed by atoms with van der Waals surface area (Å²) in [6, 6.07) is 12.5. The second kappa shape index (κ2) is 11.3. The fraction of sp³-hybridized carbons (Fsp3) is 0.360. The molecule has 0 saturated carbocycles. The van der Waals surface area contributed by atoms with Crippen LogP contribution in [0.15, 0.2) is 48.5 Å². The molecule has 4 rings (SSSR count). The smallest absolute Gasteiger partial charge is 0.251 e. The maximum atomic E-state index is 14.8. The molecule has 1 aliphatic rings. The number of benzene rings is 2. The minimum absolute atomic E-state index is 0.299. The van der Waals surface area contributed by atoms with Gasteiger partial charge in [0, 0.05) is 24.2 Å². The molecule has 0 bridgehead atoms. The second-order valence-electron chi connectivity index (χ2n) is 8.26. The van der Waals surface area contributed by atoms with Gasteiger partial charge in [0.15, 0.2) is 5.82 Å². The molecule has 1 unspecified atom stereocenters. The van der Waals surface area contributed by atoms with Gasteiger partial charge in [-0.15, -0.1) is 10.2 Å². The number of nitrogens with zero attached hydrogens (tertiary/aromatic N) is 3. The van der Waals surface area contributed by atoms with Crippen LogP contribution in [0.2, 0.25) is 0 Å². The Kier molecular flexibility index (Phi) is 7.95. The van der Waals surface area contributed by atoms with Crippen molar-refractivity contribution in [1.82, 2.24) is 20.1 Å². The minimum Gasteiger partial charge on any atom is -0.340 e. The number of rotatable bonds is 8. The van der Waals surface area contributed by atoms with Crippen LogP contribution in [0.5, 0.6) is 0 Å². The number of hydrogen-bond donors (Lipinski definition) is 2. The molecule has 9 heteroatoms. The predicted octanol–water partition coefficient (Wildman–Crippen LogP) is 4.30. The van der Waals surface area contributed by atoms with Crippen LogP contribution in [0, 0.1) is 5.82 Å². The van der Waals surface area contributed by atoms with Crippen LogP contribution < -0.4 is 10.6 Å². The summed E-state index contributed by atoms with van der Waals surface area (Å²) in [5.41, 5.74) is 1.23. The van der Waals surface area contributed by atoms with Gasteiger partial charge in [-0.1, -0.05) is 24.6 Å². The van der Waals surface area contributed by atoms with Crippen molar-refractivity contribution < 1.29 is 14.0 Å². The maximum Gasteiger partial charge on any atom is 0.251 e. The summed E-state index contributed by atoms with van der Waals surface area (Å²) in [5.74, 6) is 0.953. The lowest BCUT2D eigenvalue weighted by molar-refractivity contribution is -0.118. The zero-order valence-corrected chi connectivity index (χ0v) is 19.9. The molecule has 0 radical (unpaired) electrons. The molecule has 0 aliphatic carbocycles. The lowest BCUT2D eigenvalue weighted by Crippen LogP contribution is -2.44. The van der Waals surface area contributed by atoms with E-state index in [1.807, 2.05) is 16.9 Å². The van der Waals surface area contributed by atoms with E-state index in [0.717, 1.165) is 38.1 Å². The lowest BCUT2D eigenvalue weighted by Gasteiger charge is -2.19. The zero-order valence-electron chi connectivity index (χ0n) is 19.1. The number of halogens is 1. The number of anilines is 1. The number of fused-ring (bicyclic) bond motifs is 1. The fourth-order valence-electron chi connectivity index (χ4n) is 4.02. The van der Waals surface area contributed by atoms with Crippen molar-refractivity contribution in [2.75, 3.05) is 17.3 Å². The molecule has 3 aromatic rings. The topological polar surface area (TPSA) is 88.9 Å². The Labute approximate surface area is 202 Å². The van der Waals surface area contributed by atoms with Crippen molar-refractivity contribution in [2.24, 2.45) is 0 Å². The van der Waals surface area contributed by atoms with Crippen LogP contribution in [-0.4, -0.2) is 44.6 Å². The summed E-state index contributed by atoms with van der Waals surface area (Å²) < 4.78 is 16.7. The fourth-order valence-corrected chi connectivity index (χ4v) is 4.50. The number of carbonyl (C=O) groups is 2. The van der Waals surface area contributed by atoms with Crippen molar-refractivity contribution in [2.45, 2.75) is 44.7 Å². The first kappa shape index (κ1) is 23.9. The molecule has 2 heterocycles. The zero-order chi connectivity index (χ0) is 23.9. The van der Waals surface area contributed by atoms with Crippen molar-refractivity contribution in [3.63, 3.8) is 0 Å². The number of carbonyl (C=O) groups excluding carboxylic acids is 2. The maximum absolute atomic E-state index is 14.8. The molecule has 7 nitrogen and oxygen atoms in total. The van der Waals surface area contributed by atoms with E-state index < -0.39 is 11.9 Å². The molecule has 2 aromatic carbocycles. The number of thioether (sulfide) groups is 1. The van der Waals surface area contributed by atoms with Crippen molar-refractivity contribution in [3.8, 4) is 11.4 Å². The lowest BCUT2D eigenvalue weighted by atomic mass is 10.1. The molecule has 2 N–H and O–H groups in total. The molecule has 1 atom stereocenters. The first-order chi connectivity index (χ1) is 16.6. The minimum atomic E-state index is -0.724. The van der Waals surface area contributed by atoms with Gasteiger partial charge in [-0.05, 0) is 61.6 Å². The van der Waals surface area contributed by atoms with Crippen molar-refractivity contribution in [3.05, 3.63) is 65.7 Å². The summed E-state index contributed by atoms with van der Waals surface area (Å²) in [7, 11) is 0. The normalized spacial score (nSPS) is 14.1. The standard InChI is InChI=1S/C25H28FN5O2S/c1-34-15-13-21(28-24(32)17-8-4-2-5-9-17)25(33)27-18-11-12-20(26)19(16-18)23-30-29-22-10-6-3-7-14-31(22)23/h2,4-5,8-9,11-12,16,21H,3,6-7,10,13-15H2,1H3,(H,27,33)(H,28,32). The third-order valence-electron chi connectivity index (χ3n) is 5.85. The van der Waals surface area contributed by atoms with Crippen LogP contribution in [0.1, 0.15) is 41.9 Å². The van der Waals surface area contributed by atoms with Gasteiger partial charge in [0.05, 0.1) is 5.56 Å². The molecule has 0 fully saturated rings. The van der Waals surface area contributed by atoms with Gasteiger partial charge in [-0.25, -0.2) is 4.39 Å². The van der Waals surface area contributed by atoms with E-state index in [1.54, 1.807) is 42.1 Å². The van der Waals surface area contributed by atoms with Gasteiger partial charge < -0.3 is 15.2 Å². The van der Waals surface area contributed by atoms with Gasteiger partial charge in [-0.3, -0.25) is 9.59 Å². The van der Waals surface area contributed by atoms with Crippen molar-refractivity contribution >= 4 is 29.3 Å². The molecule has 0 saturated heterocycles. The van der Waals surface area contributed by atoms with Crippen LogP contribution in [0.4, 0.5) is 10.1 Å². The Morgan fingerprint density at radius 1 is 1.12 bits per heavy atom. The average molecular weight is 482 g/mol. The number of nitrogens with one attached hydrogen (secondary N) is 2. The highest BCUT2D eigenvalue weighted by Gasteiger charge is 2.23. The van der Waals surface area contributed by atoms with Crippen LogP contribution in [-0.2, 0) is 17.8 Å². The third kappa shape index (κ3) is 5.64. The van der Waals surface area contributed by atoms with E-state index in [-0.39, 0.29) is 11.8 Å². The van der Waals surface area contributed by atoms with Crippen LogP contribution in [0.3, 0.4) is 0 Å². The largest absolute Gasteiger partial charge is 0.340 e. The molecule has 1 aliphatic heterocycles. The van der Waals surface area contributed by atoms with Gasteiger partial charge >= 0.3 is 0 Å².